The molecular weight excluding hydrogens is 258 g/mol. The quantitative estimate of drug-likeness (QED) is 0.931. The summed E-state index contributed by atoms with van der Waals surface area (Å²) in [5.74, 6) is -0.806. The number of aromatic nitrogens is 1. The minimum Gasteiger partial charge on any atom is -0.477 e. The van der Waals surface area contributed by atoms with E-state index in [0.717, 1.165) is 5.56 Å². The van der Waals surface area contributed by atoms with Crippen molar-refractivity contribution in [1.82, 2.24) is 4.74 Å². The molecule has 106 valence electrons. The van der Waals surface area contributed by atoms with E-state index in [4.69, 9.17) is 9.63 Å². The molecule has 0 aliphatic heterocycles. The molecule has 2 rings (SSSR count). The maximum absolute atomic E-state index is 11.5. The van der Waals surface area contributed by atoms with Crippen LogP contribution in [0.3, 0.4) is 0 Å². The van der Waals surface area contributed by atoms with Crippen LogP contribution in [0.25, 0.3) is 0 Å². The minimum atomic E-state index is -1.26. The van der Waals surface area contributed by atoms with Gasteiger partial charge in [0.15, 0.2) is 5.56 Å². The first-order valence-electron chi connectivity index (χ1n) is 6.43. The van der Waals surface area contributed by atoms with Gasteiger partial charge < -0.3 is 9.63 Å². The molecule has 1 aromatic carbocycles. The van der Waals surface area contributed by atoms with Crippen molar-refractivity contribution in [2.45, 2.75) is 33.2 Å². The van der Waals surface area contributed by atoms with Crippen LogP contribution in [0.4, 0.5) is 0 Å². The Morgan fingerprint density at radius 2 is 1.90 bits per heavy atom. The monoisotopic (exact) mass is 275 g/mol. The van der Waals surface area contributed by atoms with Crippen LogP contribution < -0.4 is 5.63 Å². The molecule has 0 saturated heterocycles. The average Bonchev–Trinajstić information content (AvgIpc) is 2.65. The Kier molecular flexibility index (Phi) is 3.79. The standard InChI is InChI=1S/C15H17NO4/c1-9(2)12-6-4-11(5-7-12)8-16-10(3)13(14(17)18)15(19)20-16/h4-7,9H,8H2,1-3H3,(H,17,18). The summed E-state index contributed by atoms with van der Waals surface area (Å²) in [7, 11) is 0. The van der Waals surface area contributed by atoms with Crippen molar-refractivity contribution in [1.29, 1.82) is 0 Å². The molecule has 0 aliphatic rings. The Hall–Kier alpha value is -2.30. The normalized spacial score (nSPS) is 11.0. The third-order valence-corrected chi connectivity index (χ3v) is 3.32. The SMILES string of the molecule is Cc1c(C(=O)O)c(=O)on1Cc1ccc(C(C)C)cc1. The zero-order valence-corrected chi connectivity index (χ0v) is 11.7. The molecule has 0 atom stereocenters. The Labute approximate surface area is 116 Å². The van der Waals surface area contributed by atoms with Crippen LogP contribution in [0.2, 0.25) is 0 Å². The highest BCUT2D eigenvalue weighted by Gasteiger charge is 2.19. The Balaban J connectivity index is 2.29. The predicted molar refractivity (Wildman–Crippen MR) is 74.3 cm³/mol. The maximum Gasteiger partial charge on any atom is 0.372 e. The molecule has 1 N–H and O–H groups in total. The van der Waals surface area contributed by atoms with Gasteiger partial charge >= 0.3 is 11.6 Å². The molecule has 0 radical (unpaired) electrons. The zero-order valence-electron chi connectivity index (χ0n) is 11.7. The molecule has 0 bridgehead atoms. The van der Waals surface area contributed by atoms with Crippen LogP contribution in [0.5, 0.6) is 0 Å². The van der Waals surface area contributed by atoms with E-state index in [9.17, 15) is 9.59 Å². The molecule has 0 amide bonds. The average molecular weight is 275 g/mol. The molecule has 5 nitrogen and oxygen atoms in total. The molecule has 20 heavy (non-hydrogen) atoms. The van der Waals surface area contributed by atoms with E-state index in [1.54, 1.807) is 6.92 Å². The molecule has 1 heterocycles. The van der Waals surface area contributed by atoms with Gasteiger partial charge in [-0.15, -0.1) is 0 Å². The van der Waals surface area contributed by atoms with Crippen molar-refractivity contribution in [3.63, 3.8) is 0 Å². The van der Waals surface area contributed by atoms with Crippen molar-refractivity contribution >= 4 is 5.97 Å². The van der Waals surface area contributed by atoms with E-state index >= 15 is 0 Å². The Morgan fingerprint density at radius 1 is 1.30 bits per heavy atom. The van der Waals surface area contributed by atoms with Crippen LogP contribution in [-0.4, -0.2) is 15.8 Å². The minimum absolute atomic E-state index is 0.302. The second-order valence-electron chi connectivity index (χ2n) is 5.08. The van der Waals surface area contributed by atoms with Gasteiger partial charge in [0.05, 0.1) is 12.2 Å². The first-order chi connectivity index (χ1) is 9.40. The highest BCUT2D eigenvalue weighted by molar-refractivity contribution is 5.88. The van der Waals surface area contributed by atoms with Crippen LogP contribution in [0, 0.1) is 6.92 Å². The predicted octanol–water partition coefficient (Wildman–Crippen LogP) is 2.62. The summed E-state index contributed by atoms with van der Waals surface area (Å²) < 4.78 is 6.28. The summed E-state index contributed by atoms with van der Waals surface area (Å²) in [6.45, 7) is 6.14. The first-order valence-corrected chi connectivity index (χ1v) is 6.43. The molecule has 0 aliphatic carbocycles. The van der Waals surface area contributed by atoms with Crippen molar-refractivity contribution in [3.05, 3.63) is 57.1 Å². The highest BCUT2D eigenvalue weighted by Crippen LogP contribution is 2.16. The van der Waals surface area contributed by atoms with Gasteiger partial charge in [-0.1, -0.05) is 38.1 Å². The van der Waals surface area contributed by atoms with Gasteiger partial charge in [0.2, 0.25) is 0 Å². The molecule has 0 unspecified atom stereocenters. The summed E-state index contributed by atoms with van der Waals surface area (Å²) in [6.07, 6.45) is 0. The summed E-state index contributed by atoms with van der Waals surface area (Å²) in [5, 5.41) is 8.95. The van der Waals surface area contributed by atoms with Crippen LogP contribution in [0.15, 0.2) is 33.6 Å². The maximum atomic E-state index is 11.5. The molecule has 1 aromatic heterocycles. The van der Waals surface area contributed by atoms with Gasteiger partial charge in [-0.25, -0.2) is 14.3 Å². The lowest BCUT2D eigenvalue weighted by Crippen LogP contribution is -2.09. The largest absolute Gasteiger partial charge is 0.477 e. The molecule has 0 fully saturated rings. The second-order valence-corrected chi connectivity index (χ2v) is 5.08. The van der Waals surface area contributed by atoms with Gasteiger partial charge in [-0.05, 0) is 24.0 Å². The number of rotatable bonds is 4. The van der Waals surface area contributed by atoms with Crippen molar-refractivity contribution in [3.8, 4) is 0 Å². The number of carboxylic acid groups (broad SMARTS) is 1. The van der Waals surface area contributed by atoms with Gasteiger partial charge in [0.25, 0.3) is 0 Å². The smallest absolute Gasteiger partial charge is 0.372 e. The summed E-state index contributed by atoms with van der Waals surface area (Å²) >= 11 is 0. The van der Waals surface area contributed by atoms with Gasteiger partial charge in [0, 0.05) is 0 Å². The lowest BCUT2D eigenvalue weighted by Gasteiger charge is -2.07. The number of nitrogens with zero attached hydrogens (tertiary/aromatic N) is 1. The third kappa shape index (κ3) is 2.66. The van der Waals surface area contributed by atoms with E-state index in [0.29, 0.717) is 18.2 Å². The number of carboxylic acids is 1. The second kappa shape index (κ2) is 5.36. The van der Waals surface area contributed by atoms with Gasteiger partial charge in [-0.2, -0.15) is 0 Å². The number of hydrogen-bond acceptors (Lipinski definition) is 3. The van der Waals surface area contributed by atoms with E-state index in [2.05, 4.69) is 13.8 Å². The lowest BCUT2D eigenvalue weighted by atomic mass is 10.0. The third-order valence-electron chi connectivity index (χ3n) is 3.32. The molecular formula is C15H17NO4. The fourth-order valence-electron chi connectivity index (χ4n) is 2.05. The number of carbonyl (C=O) groups is 1. The van der Waals surface area contributed by atoms with Crippen molar-refractivity contribution in [2.75, 3.05) is 0 Å². The van der Waals surface area contributed by atoms with Crippen molar-refractivity contribution in [2.24, 2.45) is 0 Å². The Bertz CT molecular complexity index is 677. The van der Waals surface area contributed by atoms with Crippen molar-refractivity contribution < 1.29 is 14.4 Å². The van der Waals surface area contributed by atoms with E-state index < -0.39 is 11.6 Å². The fraction of sp³-hybridized carbons (Fsp3) is 0.333. The van der Waals surface area contributed by atoms with Gasteiger partial charge in [0.1, 0.15) is 0 Å². The molecule has 0 spiro atoms. The highest BCUT2D eigenvalue weighted by atomic mass is 16.5. The van der Waals surface area contributed by atoms with Gasteiger partial charge in [-0.3, -0.25) is 0 Å². The van der Waals surface area contributed by atoms with E-state index in [-0.39, 0.29) is 5.56 Å². The summed E-state index contributed by atoms with van der Waals surface area (Å²) in [5.41, 5.74) is 1.40. The number of hydrogen-bond donors (Lipinski definition) is 1. The topological polar surface area (TPSA) is 72.4 Å². The first kappa shape index (κ1) is 14.1. The van der Waals surface area contributed by atoms with E-state index in [1.807, 2.05) is 24.3 Å². The van der Waals surface area contributed by atoms with Crippen LogP contribution in [0.1, 0.15) is 46.9 Å². The zero-order chi connectivity index (χ0) is 14.9. The van der Waals surface area contributed by atoms with Crippen LogP contribution >= 0.6 is 0 Å². The van der Waals surface area contributed by atoms with Crippen LogP contribution in [-0.2, 0) is 6.54 Å². The Morgan fingerprint density at radius 3 is 2.35 bits per heavy atom. The summed E-state index contributed by atoms with van der Waals surface area (Å²) in [6, 6.07) is 7.95. The van der Waals surface area contributed by atoms with E-state index in [1.165, 1.54) is 10.3 Å². The molecule has 2 aromatic rings. The number of benzene rings is 1. The fourth-order valence-corrected chi connectivity index (χ4v) is 2.05. The lowest BCUT2D eigenvalue weighted by molar-refractivity contribution is 0.0693. The molecule has 0 saturated carbocycles. The number of aromatic carboxylic acids is 1. The molecule has 5 heteroatoms. The summed E-state index contributed by atoms with van der Waals surface area (Å²) in [4.78, 5) is 22.4.